The monoisotopic (exact) mass is 450 g/mol. The highest BCUT2D eigenvalue weighted by atomic mass is 32.2. The number of hydrogen-bond acceptors (Lipinski definition) is 5. The van der Waals surface area contributed by atoms with Gasteiger partial charge in [-0.3, -0.25) is 9.36 Å². The Labute approximate surface area is 194 Å². The van der Waals surface area contributed by atoms with E-state index in [1.807, 2.05) is 37.5 Å². The molecular weight excluding hydrogens is 420 g/mol. The number of nitrogens with zero attached hydrogens (tertiary/aromatic N) is 3. The Morgan fingerprint density at radius 2 is 1.84 bits per heavy atom. The van der Waals surface area contributed by atoms with Crippen LogP contribution < -0.4 is 10.1 Å². The molecule has 0 aliphatic rings. The number of carbonyl (C=O) groups is 1. The molecule has 0 atom stereocenters. The predicted molar refractivity (Wildman–Crippen MR) is 130 cm³/mol. The van der Waals surface area contributed by atoms with Crippen LogP contribution in [0.4, 0.5) is 5.69 Å². The second-order valence-corrected chi connectivity index (χ2v) is 8.84. The molecule has 0 aliphatic heterocycles. The van der Waals surface area contributed by atoms with Crippen molar-refractivity contribution in [3.8, 4) is 5.75 Å². The SMILES string of the molecule is C=CCn1c(COc2cccc(C)c2C)nnc1SCC(=O)Nc1c(C)cc(C)cc1C. The average molecular weight is 451 g/mol. The third-order valence-corrected chi connectivity index (χ3v) is 6.26. The van der Waals surface area contributed by atoms with Crippen LogP contribution in [0.15, 0.2) is 48.1 Å². The van der Waals surface area contributed by atoms with Gasteiger partial charge in [0, 0.05) is 12.2 Å². The van der Waals surface area contributed by atoms with Crippen molar-refractivity contribution < 1.29 is 9.53 Å². The Hall–Kier alpha value is -3.06. The summed E-state index contributed by atoms with van der Waals surface area (Å²) in [6, 6.07) is 10.1. The van der Waals surface area contributed by atoms with Crippen molar-refractivity contribution in [3.05, 3.63) is 76.6 Å². The van der Waals surface area contributed by atoms with E-state index in [0.29, 0.717) is 24.1 Å². The summed E-state index contributed by atoms with van der Waals surface area (Å²) >= 11 is 1.35. The van der Waals surface area contributed by atoms with E-state index in [1.165, 1.54) is 22.9 Å². The van der Waals surface area contributed by atoms with Gasteiger partial charge in [0.25, 0.3) is 0 Å². The molecule has 0 saturated heterocycles. The lowest BCUT2D eigenvalue weighted by Gasteiger charge is -2.13. The maximum Gasteiger partial charge on any atom is 0.234 e. The van der Waals surface area contributed by atoms with Crippen molar-refractivity contribution in [1.82, 2.24) is 14.8 Å². The maximum absolute atomic E-state index is 12.6. The van der Waals surface area contributed by atoms with E-state index in [1.54, 1.807) is 6.08 Å². The molecule has 0 unspecified atom stereocenters. The van der Waals surface area contributed by atoms with Gasteiger partial charge in [0.1, 0.15) is 12.4 Å². The zero-order chi connectivity index (χ0) is 23.3. The van der Waals surface area contributed by atoms with Crippen molar-refractivity contribution in [2.75, 3.05) is 11.1 Å². The van der Waals surface area contributed by atoms with Crippen LogP contribution in [0.5, 0.6) is 5.75 Å². The van der Waals surface area contributed by atoms with Gasteiger partial charge in [0.05, 0.1) is 5.75 Å². The molecule has 3 rings (SSSR count). The number of benzene rings is 2. The van der Waals surface area contributed by atoms with Crippen LogP contribution in [0, 0.1) is 34.6 Å². The summed E-state index contributed by atoms with van der Waals surface area (Å²) in [5.74, 6) is 1.68. The molecule has 0 bridgehead atoms. The van der Waals surface area contributed by atoms with E-state index in [2.05, 4.69) is 54.1 Å². The number of allylic oxidation sites excluding steroid dienone is 1. The number of amides is 1. The second-order valence-electron chi connectivity index (χ2n) is 7.90. The molecule has 6 nitrogen and oxygen atoms in total. The topological polar surface area (TPSA) is 69.0 Å². The minimum absolute atomic E-state index is 0.0774. The third kappa shape index (κ3) is 5.59. The third-order valence-electron chi connectivity index (χ3n) is 5.29. The number of anilines is 1. The molecule has 2 aromatic carbocycles. The highest BCUT2D eigenvalue weighted by Gasteiger charge is 2.15. The molecule has 0 aliphatic carbocycles. The van der Waals surface area contributed by atoms with Crippen LogP contribution in [-0.4, -0.2) is 26.4 Å². The Morgan fingerprint density at radius 3 is 2.53 bits per heavy atom. The first-order chi connectivity index (χ1) is 15.3. The lowest BCUT2D eigenvalue weighted by Crippen LogP contribution is -2.16. The fourth-order valence-corrected chi connectivity index (χ4v) is 4.32. The molecule has 3 aromatic rings. The Morgan fingerprint density at radius 1 is 1.12 bits per heavy atom. The number of aryl methyl sites for hydroxylation is 4. The van der Waals surface area contributed by atoms with Crippen LogP contribution in [0.1, 0.15) is 33.6 Å². The first-order valence-corrected chi connectivity index (χ1v) is 11.5. The lowest BCUT2D eigenvalue weighted by molar-refractivity contribution is -0.113. The van der Waals surface area contributed by atoms with Crippen molar-refractivity contribution in [2.45, 2.75) is 52.9 Å². The van der Waals surface area contributed by atoms with Gasteiger partial charge >= 0.3 is 0 Å². The minimum atomic E-state index is -0.0774. The summed E-state index contributed by atoms with van der Waals surface area (Å²) in [5.41, 5.74) is 6.45. The van der Waals surface area contributed by atoms with Gasteiger partial charge in [-0.1, -0.05) is 47.7 Å². The van der Waals surface area contributed by atoms with Crippen LogP contribution >= 0.6 is 11.8 Å². The van der Waals surface area contributed by atoms with Gasteiger partial charge < -0.3 is 10.1 Å². The fraction of sp³-hybridized carbons (Fsp3) is 0.320. The summed E-state index contributed by atoms with van der Waals surface area (Å²) in [5, 5.41) is 12.3. The first-order valence-electron chi connectivity index (χ1n) is 10.5. The highest BCUT2D eigenvalue weighted by molar-refractivity contribution is 7.99. The number of ether oxygens (including phenoxy) is 1. The Kier molecular flexibility index (Phi) is 7.75. The molecule has 1 heterocycles. The summed E-state index contributed by atoms with van der Waals surface area (Å²) in [7, 11) is 0. The van der Waals surface area contributed by atoms with E-state index < -0.39 is 0 Å². The molecule has 0 fully saturated rings. The molecule has 1 aromatic heterocycles. The molecule has 168 valence electrons. The summed E-state index contributed by atoms with van der Waals surface area (Å²) in [4.78, 5) is 12.6. The second kappa shape index (κ2) is 10.5. The Bertz CT molecular complexity index is 1110. The number of aromatic nitrogens is 3. The lowest BCUT2D eigenvalue weighted by atomic mass is 10.1. The van der Waals surface area contributed by atoms with E-state index in [4.69, 9.17) is 4.74 Å². The number of nitrogens with one attached hydrogen (secondary N) is 1. The molecule has 1 N–H and O–H groups in total. The fourth-order valence-electron chi connectivity index (χ4n) is 3.55. The van der Waals surface area contributed by atoms with Crippen LogP contribution in [0.2, 0.25) is 0 Å². The zero-order valence-electron chi connectivity index (χ0n) is 19.4. The summed E-state index contributed by atoms with van der Waals surface area (Å²) in [6.45, 7) is 14.8. The Balaban J connectivity index is 1.67. The van der Waals surface area contributed by atoms with Crippen molar-refractivity contribution in [2.24, 2.45) is 0 Å². The normalized spacial score (nSPS) is 10.8. The number of rotatable bonds is 9. The van der Waals surface area contributed by atoms with Crippen LogP contribution in [0.25, 0.3) is 0 Å². The minimum Gasteiger partial charge on any atom is -0.485 e. The molecular formula is C25H30N4O2S. The quantitative estimate of drug-likeness (QED) is 0.353. The maximum atomic E-state index is 12.6. The van der Waals surface area contributed by atoms with Gasteiger partial charge in [0.2, 0.25) is 5.91 Å². The van der Waals surface area contributed by atoms with E-state index >= 15 is 0 Å². The number of hydrogen-bond donors (Lipinski definition) is 1. The molecule has 0 radical (unpaired) electrons. The molecule has 0 saturated carbocycles. The smallest absolute Gasteiger partial charge is 0.234 e. The summed E-state index contributed by atoms with van der Waals surface area (Å²) < 4.78 is 7.93. The molecule has 0 spiro atoms. The van der Waals surface area contributed by atoms with Gasteiger partial charge in [0.15, 0.2) is 11.0 Å². The standard InChI is InChI=1S/C25H30N4O2S/c1-7-11-29-22(14-31-21-10-8-9-17(3)20(21)6)27-28-25(29)32-15-23(30)26-24-18(4)12-16(2)13-19(24)5/h7-10,12-13H,1,11,14-15H2,2-6H3,(H,26,30). The van der Waals surface area contributed by atoms with Gasteiger partial charge in [-0.05, 0) is 62.9 Å². The van der Waals surface area contributed by atoms with Crippen LogP contribution in [0.3, 0.4) is 0 Å². The zero-order valence-corrected chi connectivity index (χ0v) is 20.2. The average Bonchev–Trinajstić information content (AvgIpc) is 3.12. The highest BCUT2D eigenvalue weighted by Crippen LogP contribution is 2.25. The van der Waals surface area contributed by atoms with Gasteiger partial charge in [-0.15, -0.1) is 16.8 Å². The largest absolute Gasteiger partial charge is 0.485 e. The molecule has 1 amide bonds. The number of carbonyl (C=O) groups excluding carboxylic acids is 1. The van der Waals surface area contributed by atoms with Gasteiger partial charge in [-0.2, -0.15) is 0 Å². The van der Waals surface area contributed by atoms with Crippen molar-refractivity contribution in [1.29, 1.82) is 0 Å². The van der Waals surface area contributed by atoms with Gasteiger partial charge in [-0.25, -0.2) is 0 Å². The predicted octanol–water partition coefficient (Wildman–Crippen LogP) is 5.32. The van der Waals surface area contributed by atoms with E-state index in [9.17, 15) is 4.79 Å². The van der Waals surface area contributed by atoms with E-state index in [0.717, 1.165) is 28.1 Å². The summed E-state index contributed by atoms with van der Waals surface area (Å²) in [6.07, 6.45) is 1.79. The number of thioether (sulfide) groups is 1. The first kappa shape index (κ1) is 23.6. The van der Waals surface area contributed by atoms with E-state index in [-0.39, 0.29) is 11.7 Å². The molecule has 7 heteroatoms. The van der Waals surface area contributed by atoms with Crippen LogP contribution in [-0.2, 0) is 17.9 Å². The molecule has 32 heavy (non-hydrogen) atoms. The van der Waals surface area contributed by atoms with Crippen molar-refractivity contribution in [3.63, 3.8) is 0 Å². The van der Waals surface area contributed by atoms with Crippen molar-refractivity contribution >= 4 is 23.4 Å².